The summed E-state index contributed by atoms with van der Waals surface area (Å²) in [5, 5.41) is 0. The molecule has 0 atom stereocenters. The minimum atomic E-state index is 0.350. The lowest BCUT2D eigenvalue weighted by atomic mass is 10.1. The van der Waals surface area contributed by atoms with Gasteiger partial charge in [0, 0.05) is 18.3 Å². The van der Waals surface area contributed by atoms with Crippen LogP contribution in [-0.2, 0) is 6.54 Å². The van der Waals surface area contributed by atoms with Gasteiger partial charge in [-0.05, 0) is 43.0 Å². The van der Waals surface area contributed by atoms with Crippen molar-refractivity contribution in [1.29, 1.82) is 0 Å². The molecular weight excluding hydrogens is 248 g/mol. The van der Waals surface area contributed by atoms with Crippen molar-refractivity contribution in [3.8, 4) is 11.6 Å². The van der Waals surface area contributed by atoms with E-state index in [4.69, 9.17) is 10.5 Å². The molecular formula is C17H22N2O. The van der Waals surface area contributed by atoms with Gasteiger partial charge in [0.1, 0.15) is 5.75 Å². The Morgan fingerprint density at radius 2 is 1.90 bits per heavy atom. The fourth-order valence-electron chi connectivity index (χ4n) is 2.07. The zero-order valence-corrected chi connectivity index (χ0v) is 12.6. The summed E-state index contributed by atoms with van der Waals surface area (Å²) in [6.07, 6.45) is 0. The molecule has 0 saturated heterocycles. The van der Waals surface area contributed by atoms with Gasteiger partial charge in [0.15, 0.2) is 0 Å². The number of pyridine rings is 1. The Labute approximate surface area is 120 Å². The van der Waals surface area contributed by atoms with Crippen LogP contribution in [0.15, 0.2) is 30.3 Å². The Balaban J connectivity index is 2.34. The van der Waals surface area contributed by atoms with Crippen LogP contribution in [0.25, 0.3) is 0 Å². The maximum absolute atomic E-state index is 5.93. The number of ether oxygens (including phenoxy) is 1. The van der Waals surface area contributed by atoms with Crippen LogP contribution in [0.4, 0.5) is 0 Å². The number of aromatic nitrogens is 1. The molecule has 0 bridgehead atoms. The highest BCUT2D eigenvalue weighted by Crippen LogP contribution is 2.26. The van der Waals surface area contributed by atoms with Gasteiger partial charge in [0.2, 0.25) is 5.88 Å². The first-order valence-corrected chi connectivity index (χ1v) is 6.95. The molecule has 2 rings (SSSR count). The summed E-state index contributed by atoms with van der Waals surface area (Å²) in [7, 11) is 0. The molecule has 0 unspecified atom stereocenters. The van der Waals surface area contributed by atoms with Gasteiger partial charge in [-0.15, -0.1) is 0 Å². The van der Waals surface area contributed by atoms with Gasteiger partial charge in [-0.25, -0.2) is 4.98 Å². The second kappa shape index (κ2) is 6.06. The van der Waals surface area contributed by atoms with Crippen molar-refractivity contribution >= 4 is 0 Å². The van der Waals surface area contributed by atoms with Crippen molar-refractivity contribution in [2.24, 2.45) is 5.73 Å². The molecule has 1 aromatic carbocycles. The van der Waals surface area contributed by atoms with Crippen LogP contribution in [0.3, 0.4) is 0 Å². The second-order valence-corrected chi connectivity index (χ2v) is 5.47. The number of hydrogen-bond acceptors (Lipinski definition) is 3. The topological polar surface area (TPSA) is 48.1 Å². The minimum absolute atomic E-state index is 0.350. The number of aryl methyl sites for hydroxylation is 2. The Morgan fingerprint density at radius 3 is 2.50 bits per heavy atom. The highest BCUT2D eigenvalue weighted by Gasteiger charge is 2.08. The van der Waals surface area contributed by atoms with E-state index in [-0.39, 0.29) is 0 Å². The summed E-state index contributed by atoms with van der Waals surface area (Å²) < 4.78 is 5.93. The standard InChI is InChI=1S/C17H22N2O/c1-11(2)15-8-14(10-18)9-17(19-15)20-16-6-5-12(3)7-13(16)4/h5-9,11H,10,18H2,1-4H3. The average Bonchev–Trinajstić information content (AvgIpc) is 2.41. The molecule has 2 N–H and O–H groups in total. The molecule has 0 fully saturated rings. The molecule has 1 heterocycles. The molecule has 0 aliphatic rings. The van der Waals surface area contributed by atoms with Gasteiger partial charge < -0.3 is 10.5 Å². The maximum atomic E-state index is 5.93. The first-order valence-electron chi connectivity index (χ1n) is 6.95. The first kappa shape index (κ1) is 14.5. The number of rotatable bonds is 4. The summed E-state index contributed by atoms with van der Waals surface area (Å²) in [5.41, 5.74) is 10.1. The van der Waals surface area contributed by atoms with E-state index < -0.39 is 0 Å². The van der Waals surface area contributed by atoms with Crippen molar-refractivity contribution in [2.45, 2.75) is 40.2 Å². The van der Waals surface area contributed by atoms with Crippen LogP contribution in [0.1, 0.15) is 42.1 Å². The highest BCUT2D eigenvalue weighted by molar-refractivity contribution is 5.39. The first-order chi connectivity index (χ1) is 9.49. The molecule has 1 aromatic heterocycles. The van der Waals surface area contributed by atoms with Crippen molar-refractivity contribution in [3.63, 3.8) is 0 Å². The molecule has 20 heavy (non-hydrogen) atoms. The molecule has 2 aromatic rings. The molecule has 3 heteroatoms. The predicted molar refractivity (Wildman–Crippen MR) is 82.2 cm³/mol. The Bertz CT molecular complexity index is 606. The summed E-state index contributed by atoms with van der Waals surface area (Å²) in [4.78, 5) is 4.56. The van der Waals surface area contributed by atoms with Crippen LogP contribution in [0.2, 0.25) is 0 Å². The molecule has 0 saturated carbocycles. The Kier molecular flexibility index (Phi) is 4.40. The average molecular weight is 270 g/mol. The summed E-state index contributed by atoms with van der Waals surface area (Å²) in [6.45, 7) is 8.83. The third-order valence-electron chi connectivity index (χ3n) is 3.25. The Morgan fingerprint density at radius 1 is 1.15 bits per heavy atom. The van der Waals surface area contributed by atoms with Crippen molar-refractivity contribution in [3.05, 3.63) is 52.7 Å². The van der Waals surface area contributed by atoms with Gasteiger partial charge in [0.05, 0.1) is 0 Å². The molecule has 0 amide bonds. The third kappa shape index (κ3) is 3.36. The number of nitrogens with two attached hydrogens (primary N) is 1. The number of nitrogens with zero attached hydrogens (tertiary/aromatic N) is 1. The third-order valence-corrected chi connectivity index (χ3v) is 3.25. The van der Waals surface area contributed by atoms with E-state index in [2.05, 4.69) is 31.8 Å². The predicted octanol–water partition coefficient (Wildman–Crippen LogP) is 4.07. The van der Waals surface area contributed by atoms with E-state index in [1.165, 1.54) is 5.56 Å². The largest absolute Gasteiger partial charge is 0.439 e. The summed E-state index contributed by atoms with van der Waals surface area (Å²) in [6, 6.07) is 10.1. The quantitative estimate of drug-likeness (QED) is 0.911. The number of benzene rings is 1. The van der Waals surface area contributed by atoms with Crippen LogP contribution >= 0.6 is 0 Å². The van der Waals surface area contributed by atoms with Crippen molar-refractivity contribution in [2.75, 3.05) is 0 Å². The highest BCUT2D eigenvalue weighted by atomic mass is 16.5. The molecule has 3 nitrogen and oxygen atoms in total. The Hall–Kier alpha value is -1.87. The van der Waals surface area contributed by atoms with Crippen molar-refractivity contribution in [1.82, 2.24) is 4.98 Å². The zero-order chi connectivity index (χ0) is 14.7. The van der Waals surface area contributed by atoms with Crippen molar-refractivity contribution < 1.29 is 4.74 Å². The van der Waals surface area contributed by atoms with E-state index in [1.54, 1.807) is 0 Å². The van der Waals surface area contributed by atoms with E-state index in [1.807, 2.05) is 31.2 Å². The van der Waals surface area contributed by atoms with Crippen LogP contribution in [-0.4, -0.2) is 4.98 Å². The lowest BCUT2D eigenvalue weighted by molar-refractivity contribution is 0.455. The summed E-state index contributed by atoms with van der Waals surface area (Å²) >= 11 is 0. The van der Waals surface area contributed by atoms with Gasteiger partial charge in [-0.3, -0.25) is 0 Å². The lowest BCUT2D eigenvalue weighted by Gasteiger charge is -2.12. The molecule has 0 radical (unpaired) electrons. The normalized spacial score (nSPS) is 10.9. The van der Waals surface area contributed by atoms with Crippen LogP contribution in [0.5, 0.6) is 11.6 Å². The lowest BCUT2D eigenvalue weighted by Crippen LogP contribution is -2.02. The minimum Gasteiger partial charge on any atom is -0.439 e. The maximum Gasteiger partial charge on any atom is 0.219 e. The van der Waals surface area contributed by atoms with Crippen LogP contribution < -0.4 is 10.5 Å². The van der Waals surface area contributed by atoms with E-state index >= 15 is 0 Å². The number of hydrogen-bond donors (Lipinski definition) is 1. The zero-order valence-electron chi connectivity index (χ0n) is 12.6. The van der Waals surface area contributed by atoms with Gasteiger partial charge in [-0.1, -0.05) is 31.5 Å². The van der Waals surface area contributed by atoms with Gasteiger partial charge in [-0.2, -0.15) is 0 Å². The molecule has 0 spiro atoms. The van der Waals surface area contributed by atoms with Crippen LogP contribution in [0, 0.1) is 13.8 Å². The SMILES string of the molecule is Cc1ccc(Oc2cc(CN)cc(C(C)C)n2)c(C)c1. The van der Waals surface area contributed by atoms with E-state index in [0.717, 1.165) is 22.6 Å². The van der Waals surface area contributed by atoms with Gasteiger partial charge in [0.25, 0.3) is 0 Å². The fourth-order valence-corrected chi connectivity index (χ4v) is 2.07. The smallest absolute Gasteiger partial charge is 0.219 e. The monoisotopic (exact) mass is 270 g/mol. The second-order valence-electron chi connectivity index (χ2n) is 5.47. The molecule has 106 valence electrons. The van der Waals surface area contributed by atoms with Gasteiger partial charge >= 0.3 is 0 Å². The molecule has 0 aliphatic heterocycles. The summed E-state index contributed by atoms with van der Waals surface area (Å²) in [5.74, 6) is 1.80. The van der Waals surface area contributed by atoms with E-state index in [9.17, 15) is 0 Å². The van der Waals surface area contributed by atoms with E-state index in [0.29, 0.717) is 18.3 Å². The fraction of sp³-hybridized carbons (Fsp3) is 0.353. The molecule has 0 aliphatic carbocycles.